The van der Waals surface area contributed by atoms with E-state index in [-0.39, 0.29) is 48.7 Å². The maximum Gasteiger partial charge on any atom is 0.331 e. The molecule has 0 bridgehead atoms. The van der Waals surface area contributed by atoms with E-state index in [4.69, 9.17) is 9.47 Å². The van der Waals surface area contributed by atoms with Gasteiger partial charge in [-0.2, -0.15) is 5.10 Å². The van der Waals surface area contributed by atoms with Gasteiger partial charge in [0.25, 0.3) is 5.56 Å². The number of H-pyrrole nitrogens is 1. The number of carbonyl (C=O) groups excluding carboxylic acids is 1. The van der Waals surface area contributed by atoms with Gasteiger partial charge in [0.2, 0.25) is 18.6 Å². The monoisotopic (exact) mass is 454 g/mol. The van der Waals surface area contributed by atoms with Gasteiger partial charge in [0.15, 0.2) is 11.5 Å². The topological polar surface area (TPSA) is 126 Å². The Bertz CT molecular complexity index is 1240. The lowest BCUT2D eigenvalue weighted by Gasteiger charge is -2.25. The molecule has 1 atom stereocenters. The summed E-state index contributed by atoms with van der Waals surface area (Å²) in [4.78, 5) is 40.4. The summed E-state index contributed by atoms with van der Waals surface area (Å²) in [5.74, 6) is 0.602. The first kappa shape index (κ1) is 21.3. The van der Waals surface area contributed by atoms with E-state index < -0.39 is 17.3 Å². The lowest BCUT2D eigenvalue weighted by atomic mass is 9.95. The Hall–Kier alpha value is -3.56. The van der Waals surface area contributed by atoms with E-state index in [1.165, 1.54) is 9.58 Å². The van der Waals surface area contributed by atoms with E-state index in [0.717, 1.165) is 37.7 Å². The zero-order chi connectivity index (χ0) is 23.1. The number of rotatable bonds is 4. The fourth-order valence-electron chi connectivity index (χ4n) is 4.91. The van der Waals surface area contributed by atoms with Crippen molar-refractivity contribution in [2.24, 2.45) is 5.10 Å². The van der Waals surface area contributed by atoms with E-state index in [0.29, 0.717) is 11.5 Å². The molecule has 1 aromatic heterocycles. The second kappa shape index (κ2) is 8.42. The van der Waals surface area contributed by atoms with Gasteiger partial charge in [-0.25, -0.2) is 9.80 Å². The van der Waals surface area contributed by atoms with Crippen LogP contribution in [0.25, 0.3) is 0 Å². The molecule has 2 aliphatic heterocycles. The Balaban J connectivity index is 1.56. The normalized spacial score (nSPS) is 20.2. The molecule has 3 aliphatic rings. The van der Waals surface area contributed by atoms with Crippen LogP contribution in [0, 0.1) is 0 Å². The van der Waals surface area contributed by atoms with Gasteiger partial charge in [0.05, 0.1) is 11.8 Å². The molecule has 10 heteroatoms. The number of benzene rings is 1. The van der Waals surface area contributed by atoms with Crippen LogP contribution in [0.3, 0.4) is 0 Å². The van der Waals surface area contributed by atoms with Crippen molar-refractivity contribution in [3.63, 3.8) is 0 Å². The zero-order valence-electron chi connectivity index (χ0n) is 18.4. The molecule has 0 saturated heterocycles. The smallest absolute Gasteiger partial charge is 0.331 e. The number of amides is 1. The number of hydrogen-bond donors (Lipinski definition) is 2. The largest absolute Gasteiger partial charge is 0.494 e. The van der Waals surface area contributed by atoms with Crippen LogP contribution in [-0.2, 0) is 4.79 Å². The van der Waals surface area contributed by atoms with Gasteiger partial charge < -0.3 is 14.6 Å². The number of fused-ring (bicyclic) bond motifs is 1. The Morgan fingerprint density at radius 1 is 1.18 bits per heavy atom. The van der Waals surface area contributed by atoms with Crippen LogP contribution in [-0.4, -0.2) is 38.1 Å². The van der Waals surface area contributed by atoms with Gasteiger partial charge in [-0.15, -0.1) is 0 Å². The van der Waals surface area contributed by atoms with Crippen LogP contribution in [0.2, 0.25) is 0 Å². The highest BCUT2D eigenvalue weighted by atomic mass is 16.7. The number of hydrazone groups is 1. The van der Waals surface area contributed by atoms with Crippen LogP contribution in [0.4, 0.5) is 0 Å². The van der Waals surface area contributed by atoms with E-state index in [1.807, 2.05) is 6.07 Å². The molecule has 1 amide bonds. The summed E-state index contributed by atoms with van der Waals surface area (Å²) in [6.07, 6.45) is 4.94. The average molecular weight is 454 g/mol. The second-order valence-electron chi connectivity index (χ2n) is 8.59. The van der Waals surface area contributed by atoms with Crippen LogP contribution in [0.1, 0.15) is 75.1 Å². The summed E-state index contributed by atoms with van der Waals surface area (Å²) in [6, 6.07) is 4.75. The molecule has 1 aromatic carbocycles. The average Bonchev–Trinajstić information content (AvgIpc) is 3.46. The quantitative estimate of drug-likeness (QED) is 0.731. The summed E-state index contributed by atoms with van der Waals surface area (Å²) in [6.45, 7) is 1.87. The van der Waals surface area contributed by atoms with Crippen molar-refractivity contribution < 1.29 is 19.4 Å². The van der Waals surface area contributed by atoms with Gasteiger partial charge in [0, 0.05) is 18.9 Å². The molecular weight excluding hydrogens is 428 g/mol. The molecule has 2 N–H and O–H groups in total. The Morgan fingerprint density at radius 3 is 2.70 bits per heavy atom. The van der Waals surface area contributed by atoms with Gasteiger partial charge in [-0.05, 0) is 30.5 Å². The van der Waals surface area contributed by atoms with Crippen molar-refractivity contribution in [2.75, 3.05) is 6.79 Å². The molecule has 10 nitrogen and oxygen atoms in total. The fourth-order valence-corrected chi connectivity index (χ4v) is 4.91. The van der Waals surface area contributed by atoms with Crippen LogP contribution >= 0.6 is 0 Å². The Labute approximate surface area is 189 Å². The van der Waals surface area contributed by atoms with Gasteiger partial charge in [-0.3, -0.25) is 19.1 Å². The second-order valence-corrected chi connectivity index (χ2v) is 8.59. The van der Waals surface area contributed by atoms with Crippen molar-refractivity contribution in [1.82, 2.24) is 14.6 Å². The molecule has 1 aliphatic carbocycles. The zero-order valence-corrected chi connectivity index (χ0v) is 18.4. The van der Waals surface area contributed by atoms with Crippen molar-refractivity contribution in [2.45, 2.75) is 64.0 Å². The molecule has 0 radical (unpaired) electrons. The van der Waals surface area contributed by atoms with Gasteiger partial charge in [-0.1, -0.05) is 32.3 Å². The first-order valence-corrected chi connectivity index (χ1v) is 11.3. The van der Waals surface area contributed by atoms with Crippen LogP contribution in [0.15, 0.2) is 32.9 Å². The number of ether oxygens (including phenoxy) is 2. The Morgan fingerprint density at radius 2 is 1.94 bits per heavy atom. The summed E-state index contributed by atoms with van der Waals surface area (Å²) >= 11 is 0. The molecular formula is C23H26N4O6. The van der Waals surface area contributed by atoms with E-state index in [9.17, 15) is 19.5 Å². The summed E-state index contributed by atoms with van der Waals surface area (Å²) in [5.41, 5.74) is -0.351. The van der Waals surface area contributed by atoms with Gasteiger partial charge >= 0.3 is 5.69 Å². The summed E-state index contributed by atoms with van der Waals surface area (Å²) in [5, 5.41) is 16.9. The molecule has 33 heavy (non-hydrogen) atoms. The van der Waals surface area contributed by atoms with E-state index in [2.05, 4.69) is 10.1 Å². The standard InChI is InChI=1S/C23H26N4O6/c1-2-19(28)27-16(13-8-9-17-18(10-13)33-12-32-17)11-15(25-27)20-21(29)24-23(31)26(22(20)30)14-6-4-3-5-7-14/h8-10,14,16,30H,2-7,11-12H2,1H3,(H,24,29,31)/t16-/m1/s1. The first-order chi connectivity index (χ1) is 16.0. The van der Waals surface area contributed by atoms with Crippen molar-refractivity contribution in [3.8, 4) is 17.4 Å². The molecule has 0 spiro atoms. The Kier molecular flexibility index (Phi) is 5.43. The third kappa shape index (κ3) is 3.69. The predicted molar refractivity (Wildman–Crippen MR) is 119 cm³/mol. The number of hydrogen-bond acceptors (Lipinski definition) is 7. The lowest BCUT2D eigenvalue weighted by Crippen LogP contribution is -2.36. The number of aromatic nitrogens is 2. The maximum atomic E-state index is 12.8. The summed E-state index contributed by atoms with van der Waals surface area (Å²) in [7, 11) is 0. The highest BCUT2D eigenvalue weighted by Gasteiger charge is 2.36. The van der Waals surface area contributed by atoms with E-state index in [1.54, 1.807) is 19.1 Å². The number of aromatic amines is 1. The molecule has 0 unspecified atom stereocenters. The SMILES string of the molecule is CCC(=O)N1N=C(c2c(O)n(C3CCCCC3)c(=O)[nH]c2=O)C[C@@H]1c1ccc2c(c1)OCO2. The lowest BCUT2D eigenvalue weighted by molar-refractivity contribution is -0.132. The van der Waals surface area contributed by atoms with Crippen LogP contribution < -0.4 is 20.7 Å². The van der Waals surface area contributed by atoms with Crippen LogP contribution in [0.5, 0.6) is 17.4 Å². The first-order valence-electron chi connectivity index (χ1n) is 11.3. The fraction of sp³-hybridized carbons (Fsp3) is 0.478. The van der Waals surface area contributed by atoms with Crippen molar-refractivity contribution in [3.05, 3.63) is 50.2 Å². The molecule has 5 rings (SSSR count). The minimum Gasteiger partial charge on any atom is -0.494 e. The molecule has 3 heterocycles. The molecule has 1 fully saturated rings. The predicted octanol–water partition coefficient (Wildman–Crippen LogP) is 2.56. The van der Waals surface area contributed by atoms with Crippen molar-refractivity contribution >= 4 is 11.6 Å². The molecule has 2 aromatic rings. The summed E-state index contributed by atoms with van der Waals surface area (Å²) < 4.78 is 12.1. The molecule has 1 saturated carbocycles. The highest BCUT2D eigenvalue weighted by molar-refractivity contribution is 6.04. The van der Waals surface area contributed by atoms with Crippen molar-refractivity contribution in [1.29, 1.82) is 0 Å². The molecule has 174 valence electrons. The highest BCUT2D eigenvalue weighted by Crippen LogP contribution is 2.40. The minimum atomic E-state index is -0.710. The number of carbonyl (C=O) groups is 1. The van der Waals surface area contributed by atoms with Gasteiger partial charge in [0.1, 0.15) is 5.56 Å². The maximum absolute atomic E-state index is 12.8. The third-order valence-electron chi connectivity index (χ3n) is 6.60. The number of aromatic hydroxyl groups is 1. The van der Waals surface area contributed by atoms with E-state index >= 15 is 0 Å². The third-order valence-corrected chi connectivity index (χ3v) is 6.60. The number of nitrogens with zero attached hydrogens (tertiary/aromatic N) is 3. The minimum absolute atomic E-state index is 0.0580. The number of nitrogens with one attached hydrogen (secondary N) is 1.